The second-order valence-electron chi connectivity index (χ2n) is 6.69. The zero-order valence-electron chi connectivity index (χ0n) is 15.3. The number of hydrogen-bond donors (Lipinski definition) is 1. The third-order valence-corrected chi connectivity index (χ3v) is 4.49. The van der Waals surface area contributed by atoms with Crippen molar-refractivity contribution in [2.45, 2.75) is 19.1 Å². The number of non-ortho nitro benzene ring substituents is 1. The summed E-state index contributed by atoms with van der Waals surface area (Å²) in [7, 11) is 3.80. The Morgan fingerprint density at radius 2 is 1.78 bits per heavy atom. The van der Waals surface area contributed by atoms with Crippen LogP contribution in [0, 0.1) is 10.1 Å². The van der Waals surface area contributed by atoms with Crippen molar-refractivity contribution in [2.24, 2.45) is 5.10 Å². The average molecular weight is 368 g/mol. The van der Waals surface area contributed by atoms with Crippen molar-refractivity contribution < 1.29 is 14.8 Å². The van der Waals surface area contributed by atoms with Crippen LogP contribution in [0.4, 0.5) is 11.4 Å². The summed E-state index contributed by atoms with van der Waals surface area (Å²) in [6.07, 6.45) is 0.131. The molecule has 0 fully saturated rings. The zero-order chi connectivity index (χ0) is 19.8. The topological polar surface area (TPSA) is 99.3 Å². The van der Waals surface area contributed by atoms with Crippen molar-refractivity contribution in [3.63, 3.8) is 0 Å². The van der Waals surface area contributed by atoms with Gasteiger partial charge in [0.15, 0.2) is 5.72 Å². The Labute approximate surface area is 156 Å². The van der Waals surface area contributed by atoms with Gasteiger partial charge in [-0.15, -0.1) is 0 Å². The lowest BCUT2D eigenvalue weighted by Crippen LogP contribution is -2.43. The number of carbonyl (C=O) groups is 1. The second kappa shape index (κ2) is 6.81. The van der Waals surface area contributed by atoms with E-state index in [1.165, 1.54) is 24.3 Å². The minimum atomic E-state index is -1.68. The van der Waals surface area contributed by atoms with Gasteiger partial charge in [0.05, 0.1) is 4.92 Å². The first-order valence-electron chi connectivity index (χ1n) is 8.36. The maximum absolute atomic E-state index is 13.0. The lowest BCUT2D eigenvalue weighted by molar-refractivity contribution is -0.384. The molecule has 0 bridgehead atoms. The van der Waals surface area contributed by atoms with Gasteiger partial charge in [-0.3, -0.25) is 14.9 Å². The van der Waals surface area contributed by atoms with Gasteiger partial charge in [0.25, 0.3) is 11.6 Å². The quantitative estimate of drug-likeness (QED) is 0.661. The van der Waals surface area contributed by atoms with Crippen LogP contribution in [0.1, 0.15) is 29.3 Å². The minimum absolute atomic E-state index is 0.0878. The SMILES string of the molecule is CC1=NN(C(=O)c2ccc(N(C)C)cc2)[C@@](O)(c2ccc([N+](=O)[O-])cc2)C1. The first kappa shape index (κ1) is 18.5. The molecule has 1 aliphatic heterocycles. The molecule has 1 heterocycles. The molecule has 0 unspecified atom stereocenters. The standard InChI is InChI=1S/C19H20N4O4/c1-13-12-19(25,15-6-10-17(11-7-15)23(26)27)22(20-13)18(24)14-4-8-16(9-5-14)21(2)3/h4-11,25H,12H2,1-3H3/t19-/m0/s1. The average Bonchev–Trinajstić information content (AvgIpc) is 2.96. The van der Waals surface area contributed by atoms with E-state index >= 15 is 0 Å². The van der Waals surface area contributed by atoms with E-state index in [9.17, 15) is 20.0 Å². The Balaban J connectivity index is 1.94. The summed E-state index contributed by atoms with van der Waals surface area (Å²) in [5, 5.41) is 27.3. The molecule has 0 aromatic heterocycles. The molecule has 0 saturated heterocycles. The molecule has 1 N–H and O–H groups in total. The summed E-state index contributed by atoms with van der Waals surface area (Å²) >= 11 is 0. The van der Waals surface area contributed by atoms with Crippen molar-refractivity contribution >= 4 is 23.0 Å². The molecule has 2 aromatic carbocycles. The van der Waals surface area contributed by atoms with E-state index in [4.69, 9.17) is 0 Å². The van der Waals surface area contributed by atoms with Gasteiger partial charge in [-0.25, -0.2) is 0 Å². The minimum Gasteiger partial charge on any atom is -0.378 e. The number of hydrogen-bond acceptors (Lipinski definition) is 6. The number of aliphatic hydroxyl groups is 1. The van der Waals surface area contributed by atoms with Gasteiger partial charge < -0.3 is 10.0 Å². The van der Waals surface area contributed by atoms with Gasteiger partial charge in [0.1, 0.15) is 0 Å². The number of carbonyl (C=O) groups excluding carboxylic acids is 1. The van der Waals surface area contributed by atoms with Crippen LogP contribution in [0.5, 0.6) is 0 Å². The molecular formula is C19H20N4O4. The van der Waals surface area contributed by atoms with E-state index in [1.807, 2.05) is 31.1 Å². The number of benzene rings is 2. The van der Waals surface area contributed by atoms with Crippen LogP contribution < -0.4 is 4.90 Å². The molecule has 8 heteroatoms. The molecule has 1 aliphatic rings. The fourth-order valence-electron chi connectivity index (χ4n) is 3.03. The monoisotopic (exact) mass is 368 g/mol. The summed E-state index contributed by atoms with van der Waals surface area (Å²) in [6, 6.07) is 12.5. The third-order valence-electron chi connectivity index (χ3n) is 4.49. The van der Waals surface area contributed by atoms with Crippen LogP contribution in [0.25, 0.3) is 0 Å². The highest BCUT2D eigenvalue weighted by molar-refractivity contribution is 5.98. The molecule has 140 valence electrons. The van der Waals surface area contributed by atoms with E-state index in [0.29, 0.717) is 16.8 Å². The first-order chi connectivity index (χ1) is 12.7. The smallest absolute Gasteiger partial charge is 0.276 e. The molecule has 2 aromatic rings. The maximum atomic E-state index is 13.0. The summed E-state index contributed by atoms with van der Waals surface area (Å²) in [6.45, 7) is 1.72. The molecule has 0 aliphatic carbocycles. The van der Waals surface area contributed by atoms with Crippen molar-refractivity contribution in [1.82, 2.24) is 5.01 Å². The number of hydrazone groups is 1. The van der Waals surface area contributed by atoms with E-state index < -0.39 is 16.6 Å². The van der Waals surface area contributed by atoms with Crippen LogP contribution in [0.3, 0.4) is 0 Å². The van der Waals surface area contributed by atoms with Crippen molar-refractivity contribution in [1.29, 1.82) is 0 Å². The maximum Gasteiger partial charge on any atom is 0.276 e. The summed E-state index contributed by atoms with van der Waals surface area (Å²) in [5.74, 6) is -0.446. The Hall–Kier alpha value is -3.26. The molecule has 0 radical (unpaired) electrons. The lowest BCUT2D eigenvalue weighted by atomic mass is 9.97. The Bertz CT molecular complexity index is 906. The number of nitrogens with zero attached hydrogens (tertiary/aromatic N) is 4. The molecular weight excluding hydrogens is 348 g/mol. The summed E-state index contributed by atoms with van der Waals surface area (Å²) < 4.78 is 0. The highest BCUT2D eigenvalue weighted by Gasteiger charge is 2.45. The summed E-state index contributed by atoms with van der Waals surface area (Å²) in [5.41, 5.74) is 0.519. The van der Waals surface area contributed by atoms with Crippen LogP contribution >= 0.6 is 0 Å². The Morgan fingerprint density at radius 1 is 1.19 bits per heavy atom. The fourth-order valence-corrected chi connectivity index (χ4v) is 3.03. The first-order valence-corrected chi connectivity index (χ1v) is 8.36. The molecule has 0 spiro atoms. The number of nitro benzene ring substituents is 1. The van der Waals surface area contributed by atoms with E-state index in [0.717, 1.165) is 10.7 Å². The van der Waals surface area contributed by atoms with Gasteiger partial charge >= 0.3 is 0 Å². The van der Waals surface area contributed by atoms with Gasteiger partial charge in [0, 0.05) is 55.2 Å². The van der Waals surface area contributed by atoms with Crippen LogP contribution in [0.15, 0.2) is 53.6 Å². The molecule has 1 amide bonds. The number of nitro groups is 1. The van der Waals surface area contributed by atoms with Crippen molar-refractivity contribution in [2.75, 3.05) is 19.0 Å². The Kier molecular flexibility index (Phi) is 4.67. The fraction of sp³-hybridized carbons (Fsp3) is 0.263. The van der Waals surface area contributed by atoms with Crippen LogP contribution in [-0.4, -0.2) is 40.8 Å². The zero-order valence-corrected chi connectivity index (χ0v) is 15.3. The molecule has 1 atom stereocenters. The Morgan fingerprint density at radius 3 is 2.30 bits per heavy atom. The number of anilines is 1. The molecule has 27 heavy (non-hydrogen) atoms. The van der Waals surface area contributed by atoms with Gasteiger partial charge in [0.2, 0.25) is 0 Å². The lowest BCUT2D eigenvalue weighted by Gasteiger charge is -2.31. The van der Waals surface area contributed by atoms with Crippen LogP contribution in [-0.2, 0) is 5.72 Å². The molecule has 0 saturated carbocycles. The molecule has 8 nitrogen and oxygen atoms in total. The van der Waals surface area contributed by atoms with E-state index in [-0.39, 0.29) is 12.1 Å². The predicted molar refractivity (Wildman–Crippen MR) is 102 cm³/mol. The van der Waals surface area contributed by atoms with E-state index in [2.05, 4.69) is 5.10 Å². The normalized spacial score (nSPS) is 19.0. The third kappa shape index (κ3) is 3.39. The van der Waals surface area contributed by atoms with Gasteiger partial charge in [-0.1, -0.05) is 0 Å². The predicted octanol–water partition coefficient (Wildman–Crippen LogP) is 2.73. The summed E-state index contributed by atoms with van der Waals surface area (Å²) in [4.78, 5) is 25.2. The van der Waals surface area contributed by atoms with Gasteiger partial charge in [-0.05, 0) is 43.3 Å². The van der Waals surface area contributed by atoms with E-state index in [1.54, 1.807) is 19.1 Å². The molecule has 3 rings (SSSR count). The second-order valence-corrected chi connectivity index (χ2v) is 6.69. The van der Waals surface area contributed by atoms with Crippen molar-refractivity contribution in [3.05, 3.63) is 69.8 Å². The van der Waals surface area contributed by atoms with Crippen LogP contribution in [0.2, 0.25) is 0 Å². The van der Waals surface area contributed by atoms with Gasteiger partial charge in [-0.2, -0.15) is 10.1 Å². The highest BCUT2D eigenvalue weighted by Crippen LogP contribution is 2.37. The number of rotatable bonds is 4. The van der Waals surface area contributed by atoms with Crippen molar-refractivity contribution in [3.8, 4) is 0 Å². The highest BCUT2D eigenvalue weighted by atomic mass is 16.6. The largest absolute Gasteiger partial charge is 0.378 e. The number of amides is 1.